The van der Waals surface area contributed by atoms with E-state index < -0.39 is 8.32 Å². The molecule has 0 atom stereocenters. The van der Waals surface area contributed by atoms with Crippen molar-refractivity contribution >= 4 is 19.3 Å². The molecule has 1 aliphatic heterocycles. The largest absolute Gasteiger partial charge is 0.433 e. The van der Waals surface area contributed by atoms with Crippen LogP contribution in [-0.4, -0.2) is 57.9 Å². The number of hydrogen-bond donors (Lipinski definition) is 2. The summed E-state index contributed by atoms with van der Waals surface area (Å²) >= 11 is 0. The van der Waals surface area contributed by atoms with Crippen LogP contribution in [0.4, 0.5) is 5.82 Å². The number of ether oxygens (including phenoxy) is 1. The lowest BCUT2D eigenvalue weighted by Gasteiger charge is -2.28. The Morgan fingerprint density at radius 2 is 1.88 bits per heavy atom. The van der Waals surface area contributed by atoms with Gasteiger partial charge in [0, 0.05) is 5.56 Å². The minimum absolute atomic E-state index is 0.228. The smallest absolute Gasteiger partial charge is 0.263 e. The summed E-state index contributed by atoms with van der Waals surface area (Å²) in [6.45, 7) is 8.27. The molecule has 176 valence electrons. The summed E-state index contributed by atoms with van der Waals surface area (Å²) in [6, 6.07) is 8.09. The van der Waals surface area contributed by atoms with Gasteiger partial charge in [-0.1, -0.05) is 31.5 Å². The van der Waals surface area contributed by atoms with Gasteiger partial charge in [0.25, 0.3) is 5.88 Å². The molecule has 0 saturated carbocycles. The summed E-state index contributed by atoms with van der Waals surface area (Å²) in [5, 5.41) is 5.52. The molecule has 0 radical (unpaired) electrons. The van der Waals surface area contributed by atoms with Crippen LogP contribution in [0.2, 0.25) is 12.1 Å². The van der Waals surface area contributed by atoms with Gasteiger partial charge in [-0.05, 0) is 63.2 Å². The molecule has 3 heterocycles. The number of nitrogen functional groups attached to an aromatic ring is 1. The van der Waals surface area contributed by atoms with Crippen molar-refractivity contribution in [1.29, 1.82) is 0 Å². The molecule has 8 nitrogen and oxygen atoms in total. The van der Waals surface area contributed by atoms with E-state index in [1.807, 2.05) is 29.9 Å². The van der Waals surface area contributed by atoms with Crippen LogP contribution in [0.3, 0.4) is 0 Å². The summed E-state index contributed by atoms with van der Waals surface area (Å²) in [5.74, 6) is 1.08. The van der Waals surface area contributed by atoms with Crippen LogP contribution in [0, 0.1) is 6.92 Å². The number of aryl methyl sites for hydroxylation is 1. The van der Waals surface area contributed by atoms with Gasteiger partial charge in [0.15, 0.2) is 11.6 Å². The number of aromatic nitrogens is 4. The molecule has 4 rings (SSSR count). The third kappa shape index (κ3) is 5.10. The average Bonchev–Trinajstić information content (AvgIpc) is 3.28. The van der Waals surface area contributed by atoms with E-state index in [2.05, 4.69) is 46.9 Å². The van der Waals surface area contributed by atoms with Crippen molar-refractivity contribution in [2.75, 3.05) is 25.9 Å². The minimum Gasteiger partial charge on any atom is -0.433 e. The van der Waals surface area contributed by atoms with Crippen LogP contribution in [0.25, 0.3) is 11.3 Å². The lowest BCUT2D eigenvalue weighted by molar-refractivity contribution is 0.212. The summed E-state index contributed by atoms with van der Waals surface area (Å²) in [4.78, 5) is 22.5. The van der Waals surface area contributed by atoms with Crippen LogP contribution in [0.1, 0.15) is 38.3 Å². The maximum Gasteiger partial charge on any atom is 0.263 e. The highest BCUT2D eigenvalue weighted by Crippen LogP contribution is 2.29. The van der Waals surface area contributed by atoms with E-state index in [0.717, 1.165) is 54.3 Å². The molecular formula is C24H34N6O2Si. The second kappa shape index (κ2) is 9.62. The van der Waals surface area contributed by atoms with Crippen molar-refractivity contribution in [2.24, 2.45) is 0 Å². The van der Waals surface area contributed by atoms with Crippen LogP contribution >= 0.6 is 0 Å². The van der Waals surface area contributed by atoms with E-state index in [4.69, 9.17) is 10.5 Å². The Bertz CT molecular complexity index is 1110. The first-order valence-electron chi connectivity index (χ1n) is 11.7. The van der Waals surface area contributed by atoms with Gasteiger partial charge in [-0.2, -0.15) is 5.10 Å². The molecule has 0 aliphatic carbocycles. The number of benzene rings is 1. The zero-order valence-corrected chi connectivity index (χ0v) is 21.0. The fraction of sp³-hybridized carbons (Fsp3) is 0.458. The van der Waals surface area contributed by atoms with Crippen molar-refractivity contribution < 1.29 is 9.53 Å². The fourth-order valence-corrected chi connectivity index (χ4v) is 6.63. The zero-order chi connectivity index (χ0) is 23.6. The highest BCUT2D eigenvalue weighted by atomic mass is 28.4. The molecule has 1 aliphatic rings. The molecule has 3 aromatic rings. The number of nitrogens with two attached hydrogens (primary N) is 1. The topological polar surface area (TPSA) is 102 Å². The third-order valence-electron chi connectivity index (χ3n) is 6.70. The highest BCUT2D eigenvalue weighted by molar-refractivity contribution is 6.85. The van der Waals surface area contributed by atoms with Crippen LogP contribution in [-0.2, 0) is 0 Å². The number of rotatable bonds is 7. The molecule has 9 heteroatoms. The lowest BCUT2D eigenvalue weighted by Crippen LogP contribution is -2.46. The SMILES string of the molecule is CC[Si](O)(CC)c1cc(C)cc(-c2cnc(N)c(Oc3cnn(C4CCN(C)CC4)c3)n2)c1. The highest BCUT2D eigenvalue weighted by Gasteiger charge is 2.30. The number of likely N-dealkylation sites (tertiary alicyclic amines) is 1. The van der Waals surface area contributed by atoms with Gasteiger partial charge in [0.2, 0.25) is 8.32 Å². The van der Waals surface area contributed by atoms with Crippen molar-refractivity contribution in [2.45, 2.75) is 51.7 Å². The van der Waals surface area contributed by atoms with Gasteiger partial charge >= 0.3 is 0 Å². The molecule has 1 saturated heterocycles. The fourth-order valence-electron chi connectivity index (χ4n) is 4.40. The standard InChI is InChI=1S/C24H34N6O2Si/c1-5-33(31,6-2)21-12-17(3)11-18(13-21)22-15-26-23(25)24(28-22)32-20-14-27-30(16-20)19-7-9-29(4)10-8-19/h11-16,19,31H,5-10H2,1-4H3,(H2,25,26). The molecule has 0 unspecified atom stereocenters. The number of hydrogen-bond acceptors (Lipinski definition) is 7. The Labute approximate surface area is 196 Å². The minimum atomic E-state index is -2.49. The van der Waals surface area contributed by atoms with Crippen LogP contribution in [0.15, 0.2) is 36.8 Å². The molecule has 3 N–H and O–H groups in total. The Kier molecular flexibility index (Phi) is 6.82. The first-order valence-corrected chi connectivity index (χ1v) is 14.1. The monoisotopic (exact) mass is 466 g/mol. The average molecular weight is 467 g/mol. The van der Waals surface area contributed by atoms with E-state index in [-0.39, 0.29) is 11.7 Å². The molecule has 0 spiro atoms. The molecule has 1 fully saturated rings. The van der Waals surface area contributed by atoms with E-state index in [0.29, 0.717) is 17.5 Å². The van der Waals surface area contributed by atoms with E-state index in [9.17, 15) is 4.80 Å². The molecule has 0 bridgehead atoms. The Morgan fingerprint density at radius 3 is 2.58 bits per heavy atom. The molecule has 1 aromatic carbocycles. The maximum absolute atomic E-state index is 11.2. The Morgan fingerprint density at radius 1 is 1.15 bits per heavy atom. The van der Waals surface area contributed by atoms with Crippen molar-refractivity contribution in [3.05, 3.63) is 42.4 Å². The summed E-state index contributed by atoms with van der Waals surface area (Å²) in [5.41, 5.74) is 8.73. The zero-order valence-electron chi connectivity index (χ0n) is 20.0. The second-order valence-electron chi connectivity index (χ2n) is 9.06. The van der Waals surface area contributed by atoms with Gasteiger partial charge in [0.1, 0.15) is 0 Å². The van der Waals surface area contributed by atoms with E-state index >= 15 is 0 Å². The predicted octanol–water partition coefficient (Wildman–Crippen LogP) is 3.47. The number of piperidine rings is 1. The van der Waals surface area contributed by atoms with Crippen molar-refractivity contribution in [3.63, 3.8) is 0 Å². The van der Waals surface area contributed by atoms with Gasteiger partial charge in [-0.3, -0.25) is 4.68 Å². The van der Waals surface area contributed by atoms with Crippen molar-refractivity contribution in [3.8, 4) is 22.9 Å². The number of anilines is 1. The number of nitrogens with zero attached hydrogens (tertiary/aromatic N) is 5. The first-order chi connectivity index (χ1) is 15.8. The third-order valence-corrected chi connectivity index (χ3v) is 10.4. The van der Waals surface area contributed by atoms with Gasteiger partial charge in [-0.25, -0.2) is 9.97 Å². The lowest BCUT2D eigenvalue weighted by atomic mass is 10.1. The second-order valence-corrected chi connectivity index (χ2v) is 13.1. The van der Waals surface area contributed by atoms with Gasteiger partial charge in [0.05, 0.1) is 30.3 Å². The quantitative estimate of drug-likeness (QED) is 0.514. The molecule has 2 aromatic heterocycles. The summed E-state index contributed by atoms with van der Waals surface area (Å²) in [7, 11) is -0.345. The molecule has 0 amide bonds. The maximum atomic E-state index is 11.2. The Hall–Kier alpha value is -2.75. The van der Waals surface area contributed by atoms with Crippen LogP contribution in [0.5, 0.6) is 11.6 Å². The van der Waals surface area contributed by atoms with Crippen molar-refractivity contribution in [1.82, 2.24) is 24.6 Å². The van der Waals surface area contributed by atoms with Crippen LogP contribution < -0.4 is 15.7 Å². The first kappa shape index (κ1) is 23.4. The summed E-state index contributed by atoms with van der Waals surface area (Å²) in [6.07, 6.45) is 7.39. The predicted molar refractivity (Wildman–Crippen MR) is 133 cm³/mol. The summed E-state index contributed by atoms with van der Waals surface area (Å²) < 4.78 is 7.98. The van der Waals surface area contributed by atoms with E-state index in [1.165, 1.54) is 0 Å². The molecule has 33 heavy (non-hydrogen) atoms. The van der Waals surface area contributed by atoms with E-state index in [1.54, 1.807) is 12.4 Å². The van der Waals surface area contributed by atoms with Gasteiger partial charge < -0.3 is 20.2 Å². The normalized spacial score (nSPS) is 15.7. The Balaban J connectivity index is 1.59. The van der Waals surface area contributed by atoms with Gasteiger partial charge in [-0.15, -0.1) is 0 Å². The molecular weight excluding hydrogens is 432 g/mol.